The summed E-state index contributed by atoms with van der Waals surface area (Å²) in [6, 6.07) is 1.86. The van der Waals surface area contributed by atoms with E-state index in [0.29, 0.717) is 11.6 Å². The smallest absolute Gasteiger partial charge is 0.0547 e. The number of anilines is 2. The van der Waals surface area contributed by atoms with Crippen molar-refractivity contribution in [3.63, 3.8) is 0 Å². The fourth-order valence-electron chi connectivity index (χ4n) is 1.45. The number of rotatable bonds is 6. The van der Waals surface area contributed by atoms with Crippen molar-refractivity contribution in [1.29, 1.82) is 0 Å². The van der Waals surface area contributed by atoms with Crippen LogP contribution in [-0.4, -0.2) is 23.2 Å². The minimum Gasteiger partial charge on any atom is -0.397 e. The lowest BCUT2D eigenvalue weighted by Gasteiger charge is -2.15. The van der Waals surface area contributed by atoms with E-state index >= 15 is 0 Å². The zero-order chi connectivity index (χ0) is 11.1. The van der Waals surface area contributed by atoms with Gasteiger partial charge in [0.05, 0.1) is 17.6 Å². The highest BCUT2D eigenvalue weighted by Crippen LogP contribution is 2.12. The van der Waals surface area contributed by atoms with Crippen LogP contribution in [0.1, 0.15) is 19.8 Å². The summed E-state index contributed by atoms with van der Waals surface area (Å²) in [5.41, 5.74) is 7.21. The van der Waals surface area contributed by atoms with Crippen LogP contribution in [0.15, 0.2) is 18.5 Å². The van der Waals surface area contributed by atoms with Crippen LogP contribution in [0.3, 0.4) is 0 Å². The van der Waals surface area contributed by atoms with Crippen molar-refractivity contribution >= 4 is 11.4 Å². The van der Waals surface area contributed by atoms with Crippen molar-refractivity contribution in [3.8, 4) is 0 Å². The second-order valence-corrected chi connectivity index (χ2v) is 3.67. The lowest BCUT2D eigenvalue weighted by atomic mass is 10.0. The van der Waals surface area contributed by atoms with Gasteiger partial charge in [-0.2, -0.15) is 0 Å². The van der Waals surface area contributed by atoms with Gasteiger partial charge in [-0.3, -0.25) is 4.98 Å². The highest BCUT2D eigenvalue weighted by atomic mass is 16.3. The highest BCUT2D eigenvalue weighted by Gasteiger charge is 2.05. The Bertz CT molecular complexity index is 291. The molecule has 1 heterocycles. The molecule has 4 heteroatoms. The minimum absolute atomic E-state index is 0.245. The Kier molecular flexibility index (Phi) is 4.90. The van der Waals surface area contributed by atoms with E-state index in [1.165, 1.54) is 0 Å². The lowest BCUT2D eigenvalue weighted by Crippen LogP contribution is -2.15. The van der Waals surface area contributed by atoms with Crippen LogP contribution < -0.4 is 11.1 Å². The molecule has 0 spiro atoms. The summed E-state index contributed by atoms with van der Waals surface area (Å²) in [5.74, 6) is 0.497. The van der Waals surface area contributed by atoms with E-state index < -0.39 is 0 Å². The minimum atomic E-state index is 0.245. The van der Waals surface area contributed by atoms with Crippen LogP contribution in [0.2, 0.25) is 0 Å². The maximum absolute atomic E-state index is 8.85. The van der Waals surface area contributed by atoms with Gasteiger partial charge in [-0.05, 0) is 18.4 Å². The van der Waals surface area contributed by atoms with Crippen molar-refractivity contribution < 1.29 is 5.11 Å². The summed E-state index contributed by atoms with van der Waals surface area (Å²) in [6.45, 7) is 3.22. The summed E-state index contributed by atoms with van der Waals surface area (Å²) >= 11 is 0. The molecule has 0 aliphatic rings. The third-order valence-corrected chi connectivity index (χ3v) is 2.47. The van der Waals surface area contributed by atoms with Crippen LogP contribution in [-0.2, 0) is 0 Å². The number of hydrogen-bond donors (Lipinski definition) is 3. The molecule has 0 aliphatic carbocycles. The molecule has 0 aromatic carbocycles. The van der Waals surface area contributed by atoms with Crippen LogP contribution in [0.5, 0.6) is 0 Å². The van der Waals surface area contributed by atoms with Gasteiger partial charge in [0.2, 0.25) is 0 Å². The second kappa shape index (κ2) is 6.24. The van der Waals surface area contributed by atoms with Gasteiger partial charge in [-0.15, -0.1) is 0 Å². The average Bonchev–Trinajstić information content (AvgIpc) is 2.24. The lowest BCUT2D eigenvalue weighted by molar-refractivity contribution is 0.258. The molecule has 15 heavy (non-hydrogen) atoms. The molecule has 1 rings (SSSR count). The summed E-state index contributed by atoms with van der Waals surface area (Å²) < 4.78 is 0. The number of nitrogens with one attached hydrogen (secondary N) is 1. The largest absolute Gasteiger partial charge is 0.397 e. The van der Waals surface area contributed by atoms with E-state index in [0.717, 1.165) is 25.1 Å². The number of aromatic nitrogens is 1. The van der Waals surface area contributed by atoms with Crippen molar-refractivity contribution in [1.82, 2.24) is 4.98 Å². The van der Waals surface area contributed by atoms with E-state index in [4.69, 9.17) is 10.8 Å². The average molecular weight is 209 g/mol. The standard InChI is InChI=1S/C11H19N3O/c1-2-9(3-4-15)6-14-11-5-10(12)7-13-8-11/h5,7-9,14-15H,2-4,6,12H2,1H3. The van der Waals surface area contributed by atoms with Crippen molar-refractivity contribution in [2.24, 2.45) is 5.92 Å². The first-order valence-corrected chi connectivity index (χ1v) is 5.31. The van der Waals surface area contributed by atoms with Crippen molar-refractivity contribution in [2.45, 2.75) is 19.8 Å². The monoisotopic (exact) mass is 209 g/mol. The maximum atomic E-state index is 8.85. The molecule has 0 saturated carbocycles. The molecule has 0 amide bonds. The summed E-state index contributed by atoms with van der Waals surface area (Å²) in [7, 11) is 0. The van der Waals surface area contributed by atoms with Gasteiger partial charge >= 0.3 is 0 Å². The predicted molar refractivity (Wildman–Crippen MR) is 62.6 cm³/mol. The number of pyridine rings is 1. The summed E-state index contributed by atoms with van der Waals surface area (Å²) in [5, 5.41) is 12.1. The van der Waals surface area contributed by atoms with Gasteiger partial charge in [0, 0.05) is 19.3 Å². The van der Waals surface area contributed by atoms with E-state index in [2.05, 4.69) is 17.2 Å². The van der Waals surface area contributed by atoms with E-state index in [-0.39, 0.29) is 6.61 Å². The molecule has 1 aromatic heterocycles. The summed E-state index contributed by atoms with van der Waals surface area (Å²) in [4.78, 5) is 4.00. The Hall–Kier alpha value is -1.29. The second-order valence-electron chi connectivity index (χ2n) is 3.67. The first-order valence-electron chi connectivity index (χ1n) is 5.31. The number of nitrogens with zero attached hydrogens (tertiary/aromatic N) is 1. The molecule has 4 nitrogen and oxygen atoms in total. The van der Waals surface area contributed by atoms with Crippen molar-refractivity contribution in [3.05, 3.63) is 18.5 Å². The van der Waals surface area contributed by atoms with Gasteiger partial charge < -0.3 is 16.2 Å². The number of nitrogens with two attached hydrogens (primary N) is 1. The normalized spacial score (nSPS) is 12.4. The topological polar surface area (TPSA) is 71.2 Å². The van der Waals surface area contributed by atoms with E-state index in [1.807, 2.05) is 6.07 Å². The number of nitrogen functional groups attached to an aromatic ring is 1. The quantitative estimate of drug-likeness (QED) is 0.663. The fourth-order valence-corrected chi connectivity index (χ4v) is 1.45. The van der Waals surface area contributed by atoms with Crippen LogP contribution >= 0.6 is 0 Å². The molecule has 0 radical (unpaired) electrons. The molecule has 0 saturated heterocycles. The Morgan fingerprint density at radius 1 is 1.53 bits per heavy atom. The Morgan fingerprint density at radius 2 is 2.33 bits per heavy atom. The van der Waals surface area contributed by atoms with Gasteiger partial charge in [-0.25, -0.2) is 0 Å². The van der Waals surface area contributed by atoms with Crippen LogP contribution in [0.4, 0.5) is 11.4 Å². The highest BCUT2D eigenvalue weighted by molar-refractivity contribution is 5.51. The van der Waals surface area contributed by atoms with E-state index in [1.54, 1.807) is 12.4 Å². The van der Waals surface area contributed by atoms with Crippen molar-refractivity contribution in [2.75, 3.05) is 24.2 Å². The summed E-state index contributed by atoms with van der Waals surface area (Å²) in [6.07, 6.45) is 5.26. The predicted octanol–water partition coefficient (Wildman–Crippen LogP) is 1.48. The number of hydrogen-bond acceptors (Lipinski definition) is 4. The number of aliphatic hydroxyl groups excluding tert-OH is 1. The Balaban J connectivity index is 2.41. The zero-order valence-corrected chi connectivity index (χ0v) is 9.11. The molecular weight excluding hydrogens is 190 g/mol. The zero-order valence-electron chi connectivity index (χ0n) is 9.11. The molecule has 1 atom stereocenters. The van der Waals surface area contributed by atoms with E-state index in [9.17, 15) is 0 Å². The van der Waals surface area contributed by atoms with Crippen LogP contribution in [0.25, 0.3) is 0 Å². The molecule has 84 valence electrons. The first kappa shape index (κ1) is 11.8. The molecule has 0 fully saturated rings. The molecule has 0 bridgehead atoms. The number of aliphatic hydroxyl groups is 1. The fraction of sp³-hybridized carbons (Fsp3) is 0.545. The third kappa shape index (κ3) is 4.16. The maximum Gasteiger partial charge on any atom is 0.0547 e. The molecule has 1 unspecified atom stereocenters. The molecule has 4 N–H and O–H groups in total. The first-order chi connectivity index (χ1) is 7.26. The SMILES string of the molecule is CCC(CCO)CNc1cncc(N)c1. The Labute approximate surface area is 90.5 Å². The third-order valence-electron chi connectivity index (χ3n) is 2.47. The van der Waals surface area contributed by atoms with Gasteiger partial charge in [0.1, 0.15) is 0 Å². The van der Waals surface area contributed by atoms with Crippen LogP contribution in [0, 0.1) is 5.92 Å². The van der Waals surface area contributed by atoms with Gasteiger partial charge in [-0.1, -0.05) is 13.3 Å². The molecule has 1 aromatic rings. The molecular formula is C11H19N3O. The van der Waals surface area contributed by atoms with Gasteiger partial charge in [0.25, 0.3) is 0 Å². The molecule has 0 aliphatic heterocycles. The van der Waals surface area contributed by atoms with Gasteiger partial charge in [0.15, 0.2) is 0 Å². The Morgan fingerprint density at radius 3 is 2.93 bits per heavy atom.